The molecule has 25 heavy (non-hydrogen) atoms. The Labute approximate surface area is 153 Å². The number of piperidine rings is 1. The number of nitrogens with zero attached hydrogens (tertiary/aromatic N) is 3. The number of methoxy groups -OCH3 is 1. The standard InChI is InChI=1S/C19H24ClN3O2/c1-25-10-9-23-14-21-11-18(23)13-22-8-2-3-16(12-22)19(24)15-4-6-17(20)7-5-15/h4-7,11,14,16H,2-3,8-10,12-13H2,1H3/t16-/m0/s1. The number of ketones is 1. The Hall–Kier alpha value is -1.69. The van der Waals surface area contributed by atoms with Crippen molar-refractivity contribution in [3.8, 4) is 0 Å². The van der Waals surface area contributed by atoms with E-state index in [1.54, 1.807) is 19.2 Å². The smallest absolute Gasteiger partial charge is 0.167 e. The zero-order valence-corrected chi connectivity index (χ0v) is 15.3. The van der Waals surface area contributed by atoms with E-state index >= 15 is 0 Å². The van der Waals surface area contributed by atoms with Crippen LogP contribution in [0.15, 0.2) is 36.8 Å². The van der Waals surface area contributed by atoms with Crippen LogP contribution in [0, 0.1) is 5.92 Å². The van der Waals surface area contributed by atoms with Gasteiger partial charge in [0.05, 0.1) is 18.6 Å². The van der Waals surface area contributed by atoms with Gasteiger partial charge in [0.15, 0.2) is 5.78 Å². The Bertz CT molecular complexity index is 699. The number of hydrogen-bond donors (Lipinski definition) is 0. The molecule has 1 saturated heterocycles. The molecule has 0 radical (unpaired) electrons. The van der Waals surface area contributed by atoms with Gasteiger partial charge in [-0.3, -0.25) is 9.69 Å². The molecule has 2 aromatic rings. The van der Waals surface area contributed by atoms with Crippen LogP contribution in [0.2, 0.25) is 5.02 Å². The monoisotopic (exact) mass is 361 g/mol. The van der Waals surface area contributed by atoms with E-state index in [4.69, 9.17) is 16.3 Å². The molecule has 0 spiro atoms. The number of carbonyl (C=O) groups is 1. The van der Waals surface area contributed by atoms with Gasteiger partial charge in [-0.2, -0.15) is 0 Å². The lowest BCUT2D eigenvalue weighted by molar-refractivity contribution is 0.0808. The van der Waals surface area contributed by atoms with Crippen LogP contribution in [0.1, 0.15) is 28.9 Å². The largest absolute Gasteiger partial charge is 0.383 e. The summed E-state index contributed by atoms with van der Waals surface area (Å²) in [6.45, 7) is 4.08. The highest BCUT2D eigenvalue weighted by atomic mass is 35.5. The molecule has 1 aromatic heterocycles. The van der Waals surface area contributed by atoms with Gasteiger partial charge in [0.2, 0.25) is 0 Å². The number of halogens is 1. The summed E-state index contributed by atoms with van der Waals surface area (Å²) >= 11 is 5.92. The quantitative estimate of drug-likeness (QED) is 0.710. The van der Waals surface area contributed by atoms with Crippen molar-refractivity contribution in [1.29, 1.82) is 0 Å². The summed E-state index contributed by atoms with van der Waals surface area (Å²) in [5, 5.41) is 0.658. The van der Waals surface area contributed by atoms with Gasteiger partial charge in [-0.1, -0.05) is 11.6 Å². The fraction of sp³-hybridized carbons (Fsp3) is 0.474. The minimum absolute atomic E-state index is 0.0465. The normalized spacial score (nSPS) is 18.4. The minimum atomic E-state index is 0.0465. The van der Waals surface area contributed by atoms with Crippen molar-refractivity contribution in [3.63, 3.8) is 0 Å². The summed E-state index contributed by atoms with van der Waals surface area (Å²) < 4.78 is 7.27. The average Bonchev–Trinajstić information content (AvgIpc) is 3.07. The summed E-state index contributed by atoms with van der Waals surface area (Å²) in [5.74, 6) is 0.263. The van der Waals surface area contributed by atoms with E-state index in [-0.39, 0.29) is 11.7 Å². The SMILES string of the molecule is COCCn1cncc1CN1CCC[C@H](C(=O)c2ccc(Cl)cc2)C1. The van der Waals surface area contributed by atoms with Crippen LogP contribution < -0.4 is 0 Å². The topological polar surface area (TPSA) is 47.4 Å². The molecular weight excluding hydrogens is 338 g/mol. The highest BCUT2D eigenvalue weighted by Crippen LogP contribution is 2.23. The molecule has 0 aliphatic carbocycles. The first kappa shape index (κ1) is 18.1. The van der Waals surface area contributed by atoms with Crippen LogP contribution >= 0.6 is 11.6 Å². The van der Waals surface area contributed by atoms with Gasteiger partial charge in [-0.15, -0.1) is 0 Å². The first-order valence-electron chi connectivity index (χ1n) is 8.67. The molecule has 1 aliphatic heterocycles. The van der Waals surface area contributed by atoms with Gasteiger partial charge in [0, 0.05) is 49.4 Å². The summed E-state index contributed by atoms with van der Waals surface area (Å²) in [5.41, 5.74) is 1.91. The van der Waals surface area contributed by atoms with E-state index in [2.05, 4.69) is 14.5 Å². The fourth-order valence-corrected chi connectivity index (χ4v) is 3.49. The van der Waals surface area contributed by atoms with Crippen molar-refractivity contribution in [2.45, 2.75) is 25.9 Å². The molecule has 2 heterocycles. The summed E-state index contributed by atoms with van der Waals surface area (Å²) in [4.78, 5) is 19.4. The number of imidazole rings is 1. The number of hydrogen-bond acceptors (Lipinski definition) is 4. The van der Waals surface area contributed by atoms with Crippen LogP contribution in [0.4, 0.5) is 0 Å². The van der Waals surface area contributed by atoms with E-state index in [1.165, 1.54) is 0 Å². The molecule has 6 heteroatoms. The predicted octanol–water partition coefficient (Wildman–Crippen LogP) is 3.28. The molecule has 1 aliphatic rings. The maximum Gasteiger partial charge on any atom is 0.167 e. The van der Waals surface area contributed by atoms with E-state index in [0.717, 1.165) is 50.3 Å². The predicted molar refractivity (Wildman–Crippen MR) is 97.9 cm³/mol. The Morgan fingerprint density at radius 3 is 2.92 bits per heavy atom. The molecule has 0 amide bonds. The van der Waals surface area contributed by atoms with Gasteiger partial charge in [-0.05, 0) is 43.7 Å². The molecule has 1 aromatic carbocycles. The van der Waals surface area contributed by atoms with E-state index in [1.807, 2.05) is 24.7 Å². The molecule has 0 bridgehead atoms. The molecular formula is C19H24ClN3O2. The zero-order chi connectivity index (χ0) is 17.6. The van der Waals surface area contributed by atoms with Gasteiger partial charge in [0.25, 0.3) is 0 Å². The van der Waals surface area contributed by atoms with Crippen molar-refractivity contribution in [3.05, 3.63) is 53.1 Å². The Kier molecular flexibility index (Phi) is 6.24. The fourth-order valence-electron chi connectivity index (χ4n) is 3.36. The van der Waals surface area contributed by atoms with Crippen molar-refractivity contribution in [1.82, 2.24) is 14.5 Å². The summed E-state index contributed by atoms with van der Waals surface area (Å²) in [7, 11) is 1.70. The van der Waals surface area contributed by atoms with Gasteiger partial charge in [0.1, 0.15) is 0 Å². The second-order valence-electron chi connectivity index (χ2n) is 6.52. The van der Waals surface area contributed by atoms with Crippen LogP contribution in [0.25, 0.3) is 0 Å². The summed E-state index contributed by atoms with van der Waals surface area (Å²) in [6, 6.07) is 7.21. The molecule has 0 saturated carbocycles. The Morgan fingerprint density at radius 1 is 1.36 bits per heavy atom. The highest BCUT2D eigenvalue weighted by Gasteiger charge is 2.27. The molecule has 1 fully saturated rings. The van der Waals surface area contributed by atoms with Crippen LogP contribution in [0.3, 0.4) is 0 Å². The lowest BCUT2D eigenvalue weighted by Gasteiger charge is -2.32. The van der Waals surface area contributed by atoms with Crippen molar-refractivity contribution in [2.24, 2.45) is 5.92 Å². The molecule has 0 N–H and O–H groups in total. The van der Waals surface area contributed by atoms with Gasteiger partial charge < -0.3 is 9.30 Å². The number of ether oxygens (including phenoxy) is 1. The molecule has 0 unspecified atom stereocenters. The van der Waals surface area contributed by atoms with Gasteiger partial charge in [-0.25, -0.2) is 4.98 Å². The maximum absolute atomic E-state index is 12.8. The first-order chi connectivity index (χ1) is 12.2. The third kappa shape index (κ3) is 4.69. The number of likely N-dealkylation sites (tertiary alicyclic amines) is 1. The zero-order valence-electron chi connectivity index (χ0n) is 14.5. The molecule has 3 rings (SSSR count). The third-order valence-corrected chi connectivity index (χ3v) is 4.98. The first-order valence-corrected chi connectivity index (χ1v) is 9.05. The number of rotatable bonds is 7. The summed E-state index contributed by atoms with van der Waals surface area (Å²) in [6.07, 6.45) is 5.73. The van der Waals surface area contributed by atoms with Crippen LogP contribution in [-0.2, 0) is 17.8 Å². The molecule has 5 nitrogen and oxygen atoms in total. The Morgan fingerprint density at radius 2 is 2.16 bits per heavy atom. The highest BCUT2D eigenvalue weighted by molar-refractivity contribution is 6.30. The average molecular weight is 362 g/mol. The van der Waals surface area contributed by atoms with Crippen LogP contribution in [0.5, 0.6) is 0 Å². The number of carbonyl (C=O) groups excluding carboxylic acids is 1. The molecule has 134 valence electrons. The van der Waals surface area contributed by atoms with Crippen molar-refractivity contribution >= 4 is 17.4 Å². The van der Waals surface area contributed by atoms with E-state index in [0.29, 0.717) is 11.6 Å². The van der Waals surface area contributed by atoms with E-state index < -0.39 is 0 Å². The second-order valence-corrected chi connectivity index (χ2v) is 6.95. The number of Topliss-reactive ketones (excluding diaryl/α,β-unsaturated/α-hetero) is 1. The van der Waals surface area contributed by atoms with Crippen molar-refractivity contribution in [2.75, 3.05) is 26.8 Å². The Balaban J connectivity index is 1.62. The van der Waals surface area contributed by atoms with E-state index in [9.17, 15) is 4.79 Å². The lowest BCUT2D eigenvalue weighted by Crippen LogP contribution is -2.38. The van der Waals surface area contributed by atoms with Crippen LogP contribution in [-0.4, -0.2) is 47.0 Å². The van der Waals surface area contributed by atoms with Crippen molar-refractivity contribution < 1.29 is 9.53 Å². The second kappa shape index (κ2) is 8.61. The maximum atomic E-state index is 12.8. The minimum Gasteiger partial charge on any atom is -0.383 e. The number of aromatic nitrogens is 2. The number of benzene rings is 1. The third-order valence-electron chi connectivity index (χ3n) is 4.73. The van der Waals surface area contributed by atoms with Gasteiger partial charge >= 0.3 is 0 Å². The molecule has 1 atom stereocenters. The lowest BCUT2D eigenvalue weighted by atomic mass is 9.90.